The van der Waals surface area contributed by atoms with Gasteiger partial charge in [-0.15, -0.1) is 0 Å². The van der Waals surface area contributed by atoms with Gasteiger partial charge in [0.15, 0.2) is 12.4 Å². The molecule has 0 aliphatic carbocycles. The fourth-order valence-electron chi connectivity index (χ4n) is 2.13. The molecule has 0 atom stereocenters. The van der Waals surface area contributed by atoms with Crippen LogP contribution >= 0.6 is 0 Å². The number of hydrogen-bond acceptors (Lipinski definition) is 4. The standard InChI is InChI=1S/C16H13NO4/c1-20-12-5-2-10(3-6-12)16(19)11-4-7-14-13(8-11)17-15(18)9-21-14/h2-8H,9H2,1H3,(H,17,18). The van der Waals surface area contributed by atoms with Crippen LogP contribution < -0.4 is 14.8 Å². The van der Waals surface area contributed by atoms with Crippen LogP contribution in [-0.4, -0.2) is 25.4 Å². The second kappa shape index (κ2) is 5.28. The predicted molar refractivity (Wildman–Crippen MR) is 77.0 cm³/mol. The summed E-state index contributed by atoms with van der Waals surface area (Å²) in [5.74, 6) is 0.912. The molecule has 1 amide bonds. The van der Waals surface area contributed by atoms with Crippen molar-refractivity contribution in [1.82, 2.24) is 0 Å². The van der Waals surface area contributed by atoms with Crippen molar-refractivity contribution in [3.05, 3.63) is 53.6 Å². The lowest BCUT2D eigenvalue weighted by molar-refractivity contribution is -0.118. The van der Waals surface area contributed by atoms with E-state index in [-0.39, 0.29) is 18.3 Å². The average Bonchev–Trinajstić information content (AvgIpc) is 2.53. The van der Waals surface area contributed by atoms with Crippen molar-refractivity contribution in [1.29, 1.82) is 0 Å². The number of nitrogens with one attached hydrogen (secondary N) is 1. The van der Waals surface area contributed by atoms with E-state index >= 15 is 0 Å². The van der Waals surface area contributed by atoms with Crippen molar-refractivity contribution in [2.75, 3.05) is 19.0 Å². The van der Waals surface area contributed by atoms with Crippen LogP contribution in [0.5, 0.6) is 11.5 Å². The van der Waals surface area contributed by atoms with Crippen molar-refractivity contribution >= 4 is 17.4 Å². The van der Waals surface area contributed by atoms with Gasteiger partial charge in [0.25, 0.3) is 5.91 Å². The van der Waals surface area contributed by atoms with Crippen LogP contribution in [0.15, 0.2) is 42.5 Å². The quantitative estimate of drug-likeness (QED) is 0.877. The monoisotopic (exact) mass is 283 g/mol. The first kappa shape index (κ1) is 13.2. The van der Waals surface area contributed by atoms with E-state index in [2.05, 4.69) is 5.32 Å². The summed E-state index contributed by atoms with van der Waals surface area (Å²) in [5, 5.41) is 2.69. The molecule has 5 heteroatoms. The van der Waals surface area contributed by atoms with E-state index in [0.717, 1.165) is 0 Å². The fourth-order valence-corrected chi connectivity index (χ4v) is 2.13. The van der Waals surface area contributed by atoms with Crippen LogP contribution in [0.25, 0.3) is 0 Å². The second-order valence-corrected chi connectivity index (χ2v) is 4.61. The molecule has 0 aromatic heterocycles. The Morgan fingerprint density at radius 3 is 2.57 bits per heavy atom. The number of benzene rings is 2. The Bertz CT molecular complexity index is 707. The topological polar surface area (TPSA) is 64.6 Å². The third-order valence-electron chi connectivity index (χ3n) is 3.23. The molecule has 5 nitrogen and oxygen atoms in total. The lowest BCUT2D eigenvalue weighted by Crippen LogP contribution is -2.25. The smallest absolute Gasteiger partial charge is 0.262 e. The molecule has 106 valence electrons. The first-order valence-electron chi connectivity index (χ1n) is 6.43. The fraction of sp³-hybridized carbons (Fsp3) is 0.125. The molecule has 2 aromatic carbocycles. The summed E-state index contributed by atoms with van der Waals surface area (Å²) in [6.07, 6.45) is 0. The van der Waals surface area contributed by atoms with Crippen LogP contribution in [0, 0.1) is 0 Å². The molecule has 0 saturated carbocycles. The minimum atomic E-state index is -0.225. The Morgan fingerprint density at radius 2 is 1.86 bits per heavy atom. The van der Waals surface area contributed by atoms with Gasteiger partial charge < -0.3 is 14.8 Å². The van der Waals surface area contributed by atoms with Crippen molar-refractivity contribution in [3.8, 4) is 11.5 Å². The highest BCUT2D eigenvalue weighted by atomic mass is 16.5. The van der Waals surface area contributed by atoms with Gasteiger partial charge in [0.2, 0.25) is 0 Å². The van der Waals surface area contributed by atoms with Gasteiger partial charge in [0.1, 0.15) is 11.5 Å². The minimum absolute atomic E-state index is 0.00122. The number of carbonyl (C=O) groups excluding carboxylic acids is 2. The number of fused-ring (bicyclic) bond motifs is 1. The van der Waals surface area contributed by atoms with E-state index in [1.165, 1.54) is 0 Å². The maximum absolute atomic E-state index is 12.4. The maximum atomic E-state index is 12.4. The zero-order chi connectivity index (χ0) is 14.8. The normalized spacial score (nSPS) is 12.9. The number of ketones is 1. The predicted octanol–water partition coefficient (Wildman–Crippen LogP) is 2.26. The molecule has 0 bridgehead atoms. The van der Waals surface area contributed by atoms with E-state index in [1.54, 1.807) is 49.6 Å². The summed E-state index contributed by atoms with van der Waals surface area (Å²) in [6.45, 7) is -0.00122. The molecule has 3 rings (SSSR count). The molecule has 1 N–H and O–H groups in total. The van der Waals surface area contributed by atoms with E-state index < -0.39 is 0 Å². The van der Waals surface area contributed by atoms with E-state index in [0.29, 0.717) is 28.3 Å². The number of amides is 1. The highest BCUT2D eigenvalue weighted by Gasteiger charge is 2.18. The van der Waals surface area contributed by atoms with E-state index in [1.807, 2.05) is 0 Å². The Morgan fingerprint density at radius 1 is 1.14 bits per heavy atom. The average molecular weight is 283 g/mol. The van der Waals surface area contributed by atoms with Crippen molar-refractivity contribution < 1.29 is 19.1 Å². The van der Waals surface area contributed by atoms with Crippen LogP contribution in [0.3, 0.4) is 0 Å². The van der Waals surface area contributed by atoms with Gasteiger partial charge in [-0.2, -0.15) is 0 Å². The Hall–Kier alpha value is -2.82. The SMILES string of the molecule is COc1ccc(C(=O)c2ccc3c(c2)NC(=O)CO3)cc1. The number of anilines is 1. The summed E-state index contributed by atoms with van der Waals surface area (Å²) in [6, 6.07) is 11.9. The Balaban J connectivity index is 1.90. The van der Waals surface area contributed by atoms with Crippen molar-refractivity contribution in [2.24, 2.45) is 0 Å². The van der Waals surface area contributed by atoms with Crippen LogP contribution in [0.4, 0.5) is 5.69 Å². The number of methoxy groups -OCH3 is 1. The van der Waals surface area contributed by atoms with Crippen molar-refractivity contribution in [3.63, 3.8) is 0 Å². The van der Waals surface area contributed by atoms with Crippen molar-refractivity contribution in [2.45, 2.75) is 0 Å². The molecule has 0 saturated heterocycles. The van der Waals surface area contributed by atoms with Crippen LogP contribution in [0.1, 0.15) is 15.9 Å². The Labute approximate surface area is 121 Å². The molecule has 2 aromatic rings. The number of carbonyl (C=O) groups is 2. The summed E-state index contributed by atoms with van der Waals surface area (Å²) in [4.78, 5) is 23.7. The molecule has 0 spiro atoms. The molecule has 0 radical (unpaired) electrons. The van der Waals surface area contributed by atoms with Gasteiger partial charge in [-0.3, -0.25) is 9.59 Å². The van der Waals surface area contributed by atoms with Gasteiger partial charge in [-0.25, -0.2) is 0 Å². The van der Waals surface area contributed by atoms with Gasteiger partial charge in [0.05, 0.1) is 12.8 Å². The largest absolute Gasteiger partial charge is 0.497 e. The molecule has 0 unspecified atom stereocenters. The number of hydrogen-bond donors (Lipinski definition) is 1. The van der Waals surface area contributed by atoms with Gasteiger partial charge in [-0.05, 0) is 42.5 Å². The molecule has 0 fully saturated rings. The van der Waals surface area contributed by atoms with Gasteiger partial charge >= 0.3 is 0 Å². The van der Waals surface area contributed by atoms with Crippen LogP contribution in [0.2, 0.25) is 0 Å². The van der Waals surface area contributed by atoms with Crippen LogP contribution in [-0.2, 0) is 4.79 Å². The summed E-state index contributed by atoms with van der Waals surface area (Å²) >= 11 is 0. The number of rotatable bonds is 3. The highest BCUT2D eigenvalue weighted by Crippen LogP contribution is 2.29. The van der Waals surface area contributed by atoms with E-state index in [4.69, 9.17) is 9.47 Å². The molecule has 21 heavy (non-hydrogen) atoms. The third-order valence-corrected chi connectivity index (χ3v) is 3.23. The molecular weight excluding hydrogens is 270 g/mol. The zero-order valence-electron chi connectivity index (χ0n) is 11.4. The number of ether oxygens (including phenoxy) is 2. The summed E-state index contributed by atoms with van der Waals surface area (Å²) < 4.78 is 10.3. The third kappa shape index (κ3) is 2.58. The first-order chi connectivity index (χ1) is 10.2. The molecule has 1 heterocycles. The summed E-state index contributed by atoms with van der Waals surface area (Å²) in [7, 11) is 1.57. The Kier molecular flexibility index (Phi) is 3.31. The summed E-state index contributed by atoms with van der Waals surface area (Å²) in [5.41, 5.74) is 1.56. The lowest BCUT2D eigenvalue weighted by Gasteiger charge is -2.18. The maximum Gasteiger partial charge on any atom is 0.262 e. The lowest BCUT2D eigenvalue weighted by atomic mass is 10.0. The van der Waals surface area contributed by atoms with Gasteiger partial charge in [-0.1, -0.05) is 0 Å². The molecule has 1 aliphatic heterocycles. The second-order valence-electron chi connectivity index (χ2n) is 4.61. The van der Waals surface area contributed by atoms with Gasteiger partial charge in [0, 0.05) is 11.1 Å². The highest BCUT2D eigenvalue weighted by molar-refractivity contribution is 6.10. The zero-order valence-corrected chi connectivity index (χ0v) is 11.4. The van der Waals surface area contributed by atoms with E-state index in [9.17, 15) is 9.59 Å². The molecular formula is C16H13NO4. The first-order valence-corrected chi connectivity index (χ1v) is 6.43. The minimum Gasteiger partial charge on any atom is -0.497 e. The molecule has 1 aliphatic rings.